The van der Waals surface area contributed by atoms with Crippen molar-refractivity contribution < 1.29 is 14.0 Å². The van der Waals surface area contributed by atoms with Gasteiger partial charge in [-0.3, -0.25) is 20.4 Å². The van der Waals surface area contributed by atoms with Gasteiger partial charge in [-0.05, 0) is 55.5 Å². The number of fused-ring (bicyclic) bond motifs is 1. The Bertz CT molecular complexity index is 767. The number of halogens is 2. The third-order valence-corrected chi connectivity index (χ3v) is 5.66. The first-order valence-corrected chi connectivity index (χ1v) is 9.33. The molecule has 0 saturated heterocycles. The van der Waals surface area contributed by atoms with Gasteiger partial charge in [0, 0.05) is 9.35 Å². The fourth-order valence-corrected chi connectivity index (χ4v) is 4.18. The summed E-state index contributed by atoms with van der Waals surface area (Å²) in [6, 6.07) is 6.02. The molecule has 0 unspecified atom stereocenters. The molecule has 1 aliphatic carbocycles. The number of rotatable bonds is 2. The molecule has 1 heterocycles. The quantitative estimate of drug-likeness (QED) is 0.580. The monoisotopic (exact) mass is 410 g/mol. The van der Waals surface area contributed by atoms with Crippen molar-refractivity contribution in [1.29, 1.82) is 0 Å². The van der Waals surface area contributed by atoms with Crippen molar-refractivity contribution in [3.05, 3.63) is 55.4 Å². The zero-order chi connectivity index (χ0) is 17.1. The largest absolute Gasteiger partial charge is 0.279 e. The number of nitrogens with one attached hydrogen (secondary N) is 2. The Morgan fingerprint density at radius 2 is 1.79 bits per heavy atom. The van der Waals surface area contributed by atoms with Gasteiger partial charge in [0.15, 0.2) is 0 Å². The highest BCUT2D eigenvalue weighted by molar-refractivity contribution is 9.10. The Labute approximate surface area is 151 Å². The van der Waals surface area contributed by atoms with Crippen LogP contribution in [0, 0.1) is 5.82 Å². The minimum absolute atomic E-state index is 0.125. The Hall–Kier alpha value is -1.73. The molecule has 1 aliphatic rings. The van der Waals surface area contributed by atoms with Crippen LogP contribution >= 0.6 is 27.3 Å². The van der Waals surface area contributed by atoms with E-state index in [-0.39, 0.29) is 11.5 Å². The molecule has 4 nitrogen and oxygen atoms in total. The summed E-state index contributed by atoms with van der Waals surface area (Å²) in [5.41, 5.74) is 5.73. The zero-order valence-electron chi connectivity index (χ0n) is 12.8. The molecule has 0 bridgehead atoms. The number of carbonyl (C=O) groups excluding carboxylic acids is 2. The van der Waals surface area contributed by atoms with Crippen molar-refractivity contribution in [1.82, 2.24) is 10.9 Å². The summed E-state index contributed by atoms with van der Waals surface area (Å²) >= 11 is 4.60. The molecule has 0 radical (unpaired) electrons. The third-order valence-electron chi connectivity index (χ3n) is 3.94. The smallest absolute Gasteiger partial charge is 0.267 e. The van der Waals surface area contributed by atoms with Gasteiger partial charge in [0.1, 0.15) is 5.82 Å². The van der Waals surface area contributed by atoms with Crippen molar-refractivity contribution in [3.63, 3.8) is 0 Å². The Kier molecular flexibility index (Phi) is 5.30. The van der Waals surface area contributed by atoms with E-state index in [0.717, 1.165) is 25.7 Å². The molecular weight excluding hydrogens is 395 g/mol. The van der Waals surface area contributed by atoms with Gasteiger partial charge >= 0.3 is 0 Å². The molecule has 2 aromatic rings. The molecule has 3 rings (SSSR count). The van der Waals surface area contributed by atoms with Gasteiger partial charge in [0.25, 0.3) is 11.8 Å². The van der Waals surface area contributed by atoms with Crippen LogP contribution in [-0.4, -0.2) is 11.8 Å². The van der Waals surface area contributed by atoms with Gasteiger partial charge in [-0.2, -0.15) is 0 Å². The lowest BCUT2D eigenvalue weighted by atomic mass is 10.1. The van der Waals surface area contributed by atoms with Crippen molar-refractivity contribution in [3.8, 4) is 0 Å². The van der Waals surface area contributed by atoms with Crippen molar-refractivity contribution in [2.75, 3.05) is 0 Å². The second-order valence-corrected chi connectivity index (χ2v) is 7.70. The van der Waals surface area contributed by atoms with E-state index in [4.69, 9.17) is 0 Å². The molecule has 7 heteroatoms. The normalized spacial score (nSPS) is 13.8. The molecular formula is C17H16BrFN2O2S. The first-order valence-electron chi connectivity index (χ1n) is 7.72. The van der Waals surface area contributed by atoms with Gasteiger partial charge < -0.3 is 0 Å². The Morgan fingerprint density at radius 3 is 2.58 bits per heavy atom. The molecule has 0 atom stereocenters. The van der Waals surface area contributed by atoms with E-state index in [2.05, 4.69) is 26.8 Å². The molecule has 1 aromatic carbocycles. The first-order chi connectivity index (χ1) is 11.5. The second-order valence-electron chi connectivity index (χ2n) is 5.65. The lowest BCUT2D eigenvalue weighted by Crippen LogP contribution is -2.41. The molecule has 2 N–H and O–H groups in total. The van der Waals surface area contributed by atoms with E-state index in [1.54, 1.807) is 6.07 Å². The maximum Gasteiger partial charge on any atom is 0.279 e. The number of hydrazine groups is 1. The van der Waals surface area contributed by atoms with Crippen LogP contribution in [-0.2, 0) is 12.8 Å². The lowest BCUT2D eigenvalue weighted by Gasteiger charge is -2.07. The average Bonchev–Trinajstić information content (AvgIpc) is 2.83. The highest BCUT2D eigenvalue weighted by Crippen LogP contribution is 2.28. The van der Waals surface area contributed by atoms with Gasteiger partial charge in [-0.25, -0.2) is 4.39 Å². The van der Waals surface area contributed by atoms with Crippen LogP contribution in [0.3, 0.4) is 0 Å². The minimum atomic E-state index is -0.688. The number of hydrogen-bond acceptors (Lipinski definition) is 3. The number of aryl methyl sites for hydroxylation is 2. The number of benzene rings is 1. The highest BCUT2D eigenvalue weighted by atomic mass is 79.9. The summed E-state index contributed by atoms with van der Waals surface area (Å²) in [4.78, 5) is 26.0. The topological polar surface area (TPSA) is 58.2 Å². The van der Waals surface area contributed by atoms with Gasteiger partial charge in [-0.15, -0.1) is 11.3 Å². The van der Waals surface area contributed by atoms with E-state index >= 15 is 0 Å². The maximum atomic E-state index is 13.7. The number of hydrogen-bond donors (Lipinski definition) is 2. The van der Waals surface area contributed by atoms with Crippen molar-refractivity contribution in [2.24, 2.45) is 0 Å². The summed E-state index contributed by atoms with van der Waals surface area (Å²) in [5, 5.41) is 0. The predicted octanol–water partition coefficient (Wildman–Crippen LogP) is 3.99. The zero-order valence-corrected chi connectivity index (χ0v) is 15.2. The van der Waals surface area contributed by atoms with E-state index in [1.807, 2.05) is 6.07 Å². The standard InChI is InChI=1S/C17H16BrFN2O2S/c18-11-6-7-12(13(19)9-11)16(22)20-21-17(23)15-8-10-4-2-1-3-5-14(10)24-15/h6-9H,1-5H2,(H,20,22)(H,21,23). The molecule has 0 fully saturated rings. The first kappa shape index (κ1) is 17.1. The van der Waals surface area contributed by atoms with Gasteiger partial charge in [0.2, 0.25) is 0 Å². The van der Waals surface area contributed by atoms with Crippen molar-refractivity contribution >= 4 is 39.1 Å². The van der Waals surface area contributed by atoms with Crippen LogP contribution in [0.5, 0.6) is 0 Å². The van der Waals surface area contributed by atoms with Crippen LogP contribution in [0.15, 0.2) is 28.7 Å². The van der Waals surface area contributed by atoms with Crippen LogP contribution in [0.25, 0.3) is 0 Å². The molecule has 1 aromatic heterocycles. The van der Waals surface area contributed by atoms with Crippen LogP contribution < -0.4 is 10.9 Å². The third kappa shape index (κ3) is 3.84. The lowest BCUT2D eigenvalue weighted by molar-refractivity contribution is 0.0846. The van der Waals surface area contributed by atoms with Crippen LogP contribution in [0.1, 0.15) is 49.7 Å². The number of thiophene rings is 1. The second kappa shape index (κ2) is 7.44. The maximum absolute atomic E-state index is 13.7. The van der Waals surface area contributed by atoms with E-state index in [9.17, 15) is 14.0 Å². The predicted molar refractivity (Wildman–Crippen MR) is 94.6 cm³/mol. The SMILES string of the molecule is O=C(NNC(=O)c1ccc(Br)cc1F)c1cc2c(s1)CCCCC2. The number of amides is 2. The molecule has 2 amide bonds. The van der Waals surface area contributed by atoms with Crippen LogP contribution in [0.4, 0.5) is 4.39 Å². The number of carbonyl (C=O) groups is 2. The molecule has 126 valence electrons. The molecule has 24 heavy (non-hydrogen) atoms. The summed E-state index contributed by atoms with van der Waals surface area (Å²) in [7, 11) is 0. The summed E-state index contributed by atoms with van der Waals surface area (Å²) in [6.07, 6.45) is 5.51. The fourth-order valence-electron chi connectivity index (χ4n) is 2.70. The molecule has 0 saturated carbocycles. The van der Waals surface area contributed by atoms with Crippen molar-refractivity contribution in [2.45, 2.75) is 32.1 Å². The fraction of sp³-hybridized carbons (Fsp3) is 0.294. The molecule has 0 spiro atoms. The molecule has 0 aliphatic heterocycles. The summed E-state index contributed by atoms with van der Waals surface area (Å²) in [6.45, 7) is 0. The van der Waals surface area contributed by atoms with E-state index in [0.29, 0.717) is 9.35 Å². The van der Waals surface area contributed by atoms with Gasteiger partial charge in [-0.1, -0.05) is 22.4 Å². The van der Waals surface area contributed by atoms with E-state index < -0.39 is 11.7 Å². The highest BCUT2D eigenvalue weighted by Gasteiger charge is 2.18. The Balaban J connectivity index is 1.64. The average molecular weight is 411 g/mol. The Morgan fingerprint density at radius 1 is 1.04 bits per heavy atom. The summed E-state index contributed by atoms with van der Waals surface area (Å²) < 4.78 is 14.3. The summed E-state index contributed by atoms with van der Waals surface area (Å²) in [5.74, 6) is -1.72. The van der Waals surface area contributed by atoms with Gasteiger partial charge in [0.05, 0.1) is 10.4 Å². The minimum Gasteiger partial charge on any atom is -0.267 e. The van der Waals surface area contributed by atoms with E-state index in [1.165, 1.54) is 40.3 Å². The van der Waals surface area contributed by atoms with Crippen LogP contribution in [0.2, 0.25) is 0 Å².